The molecule has 40 heavy (non-hydrogen) atoms. The average molecular weight is 564 g/mol. The van der Waals surface area contributed by atoms with Crippen LogP contribution in [0, 0.1) is 13.8 Å². The van der Waals surface area contributed by atoms with Crippen molar-refractivity contribution in [2.45, 2.75) is 30.4 Å². The van der Waals surface area contributed by atoms with E-state index in [4.69, 9.17) is 4.98 Å². The number of thioether (sulfide) groups is 1. The molecular weight excluding hydrogens is 535 g/mol. The van der Waals surface area contributed by atoms with Crippen molar-refractivity contribution in [1.82, 2.24) is 4.98 Å². The molecule has 0 aliphatic heterocycles. The zero-order chi connectivity index (χ0) is 27.9. The Bertz CT molecular complexity index is 1600. The molecule has 0 radical (unpaired) electrons. The summed E-state index contributed by atoms with van der Waals surface area (Å²) in [5.41, 5.74) is 5.62. The summed E-state index contributed by atoms with van der Waals surface area (Å²) in [6.07, 6.45) is 0.297. The van der Waals surface area contributed by atoms with Gasteiger partial charge < -0.3 is 10.6 Å². The van der Waals surface area contributed by atoms with Crippen molar-refractivity contribution in [3.63, 3.8) is 0 Å². The molecule has 4 aromatic carbocycles. The molecule has 1 unspecified atom stereocenters. The van der Waals surface area contributed by atoms with Gasteiger partial charge in [-0.15, -0.1) is 23.1 Å². The summed E-state index contributed by atoms with van der Waals surface area (Å²) in [5.74, 6) is -0.242. The molecular formula is C33H29N3O2S2. The highest BCUT2D eigenvalue weighted by Gasteiger charge is 2.24. The van der Waals surface area contributed by atoms with Crippen molar-refractivity contribution < 1.29 is 9.59 Å². The lowest BCUT2D eigenvalue weighted by atomic mass is 10.1. The number of nitrogens with zero attached hydrogens (tertiary/aromatic N) is 1. The van der Waals surface area contributed by atoms with Gasteiger partial charge in [-0.3, -0.25) is 9.59 Å². The number of carbonyl (C=O) groups excluding carboxylic acids is 2. The van der Waals surface area contributed by atoms with E-state index in [1.165, 1.54) is 28.7 Å². The zero-order valence-electron chi connectivity index (χ0n) is 22.3. The first-order valence-corrected chi connectivity index (χ1v) is 14.6. The van der Waals surface area contributed by atoms with Gasteiger partial charge in [0, 0.05) is 21.0 Å². The molecule has 2 N–H and O–H groups in total. The molecule has 200 valence electrons. The highest BCUT2D eigenvalue weighted by atomic mass is 32.2. The van der Waals surface area contributed by atoms with Crippen LogP contribution in [0.25, 0.3) is 11.3 Å². The number of benzene rings is 4. The van der Waals surface area contributed by atoms with E-state index in [0.29, 0.717) is 17.2 Å². The number of amides is 2. The predicted molar refractivity (Wildman–Crippen MR) is 166 cm³/mol. The molecule has 0 aliphatic rings. The Kier molecular flexibility index (Phi) is 8.74. The van der Waals surface area contributed by atoms with E-state index < -0.39 is 5.25 Å². The van der Waals surface area contributed by atoms with Crippen LogP contribution in [-0.2, 0) is 16.0 Å². The number of hydrogen-bond acceptors (Lipinski definition) is 5. The van der Waals surface area contributed by atoms with Gasteiger partial charge in [-0.25, -0.2) is 4.98 Å². The smallest absolute Gasteiger partial charge is 0.244 e. The highest BCUT2D eigenvalue weighted by Crippen LogP contribution is 2.38. The van der Waals surface area contributed by atoms with E-state index in [1.807, 2.05) is 91.9 Å². The summed E-state index contributed by atoms with van der Waals surface area (Å²) >= 11 is 2.91. The lowest BCUT2D eigenvalue weighted by Gasteiger charge is -2.17. The number of thiazole rings is 1. The largest absolute Gasteiger partial charge is 0.326 e. The Morgan fingerprint density at radius 2 is 1.52 bits per heavy atom. The van der Waals surface area contributed by atoms with Gasteiger partial charge in [0.2, 0.25) is 11.8 Å². The number of aromatic nitrogens is 1. The van der Waals surface area contributed by atoms with Crippen LogP contribution in [0.5, 0.6) is 0 Å². The van der Waals surface area contributed by atoms with Gasteiger partial charge in [0.05, 0.1) is 12.1 Å². The molecule has 5 nitrogen and oxygen atoms in total. The van der Waals surface area contributed by atoms with E-state index >= 15 is 0 Å². The molecule has 7 heteroatoms. The standard InChI is InChI=1S/C33H29N3O2S2/c1-22-16-18-25(19-17-22)30-23(2)39-33(35-30)36-32(38)31(26-12-7-4-8-13-26)40-28-15-9-14-27(21-28)34-29(37)20-24-10-5-3-6-11-24/h3-19,21,31H,20H2,1-2H3,(H,34,37)(H,35,36,38). The Morgan fingerprint density at radius 1 is 0.825 bits per heavy atom. The summed E-state index contributed by atoms with van der Waals surface area (Å²) in [6, 6.07) is 35.2. The second-order valence-electron chi connectivity index (χ2n) is 9.43. The molecule has 0 spiro atoms. The molecule has 0 saturated carbocycles. The molecule has 1 atom stereocenters. The minimum absolute atomic E-state index is 0.0887. The van der Waals surface area contributed by atoms with E-state index in [2.05, 4.69) is 41.8 Å². The Balaban J connectivity index is 1.32. The summed E-state index contributed by atoms with van der Waals surface area (Å²) in [4.78, 5) is 32.9. The molecule has 0 bridgehead atoms. The van der Waals surface area contributed by atoms with Gasteiger partial charge >= 0.3 is 0 Å². The van der Waals surface area contributed by atoms with Crippen molar-refractivity contribution >= 4 is 45.7 Å². The maximum Gasteiger partial charge on any atom is 0.244 e. The lowest BCUT2D eigenvalue weighted by molar-refractivity contribution is -0.116. The first-order valence-electron chi connectivity index (χ1n) is 13.0. The van der Waals surface area contributed by atoms with Crippen LogP contribution >= 0.6 is 23.1 Å². The third-order valence-corrected chi connectivity index (χ3v) is 8.41. The number of aryl methyl sites for hydroxylation is 2. The monoisotopic (exact) mass is 563 g/mol. The van der Waals surface area contributed by atoms with Crippen LogP contribution < -0.4 is 10.6 Å². The van der Waals surface area contributed by atoms with Crippen molar-refractivity contribution in [2.75, 3.05) is 10.6 Å². The molecule has 2 amide bonds. The minimum Gasteiger partial charge on any atom is -0.326 e. The quantitative estimate of drug-likeness (QED) is 0.178. The van der Waals surface area contributed by atoms with Crippen LogP contribution in [0.4, 0.5) is 10.8 Å². The molecule has 0 saturated heterocycles. The summed E-state index contributed by atoms with van der Waals surface area (Å²) in [5, 5.41) is 6.10. The predicted octanol–water partition coefficient (Wildman–Crippen LogP) is 8.08. The van der Waals surface area contributed by atoms with E-state index in [9.17, 15) is 9.59 Å². The molecule has 5 aromatic rings. The first kappa shape index (κ1) is 27.4. The Morgan fingerprint density at radius 3 is 2.25 bits per heavy atom. The van der Waals surface area contributed by atoms with Gasteiger partial charge in [-0.05, 0) is 43.2 Å². The maximum atomic E-state index is 13.7. The third-order valence-electron chi connectivity index (χ3n) is 6.27. The molecule has 1 heterocycles. The van der Waals surface area contributed by atoms with Crippen LogP contribution in [0.2, 0.25) is 0 Å². The Hall–Kier alpha value is -4.20. The minimum atomic E-state index is -0.511. The molecule has 1 aromatic heterocycles. The van der Waals surface area contributed by atoms with Crippen LogP contribution in [-0.4, -0.2) is 16.8 Å². The van der Waals surface area contributed by atoms with Crippen LogP contribution in [0.3, 0.4) is 0 Å². The SMILES string of the molecule is Cc1ccc(-c2nc(NC(=O)C(Sc3cccc(NC(=O)Cc4ccccc4)c3)c3ccccc3)sc2C)cc1. The molecule has 0 aliphatic carbocycles. The normalized spacial score (nSPS) is 11.6. The summed E-state index contributed by atoms with van der Waals surface area (Å²) in [6.45, 7) is 4.07. The number of anilines is 2. The number of nitrogens with one attached hydrogen (secondary N) is 2. The molecule has 5 rings (SSSR count). The van der Waals surface area contributed by atoms with Gasteiger partial charge in [0.25, 0.3) is 0 Å². The Labute approximate surface area is 242 Å². The molecule has 0 fully saturated rings. The zero-order valence-corrected chi connectivity index (χ0v) is 23.9. The fourth-order valence-electron chi connectivity index (χ4n) is 4.27. The number of rotatable bonds is 9. The van der Waals surface area contributed by atoms with Crippen molar-refractivity contribution in [2.24, 2.45) is 0 Å². The number of hydrogen-bond donors (Lipinski definition) is 2. The summed E-state index contributed by atoms with van der Waals surface area (Å²) in [7, 11) is 0. The van der Waals surface area contributed by atoms with Crippen molar-refractivity contribution in [1.29, 1.82) is 0 Å². The fraction of sp³-hybridized carbons (Fsp3) is 0.121. The van der Waals surface area contributed by atoms with Crippen LogP contribution in [0.1, 0.15) is 26.8 Å². The van der Waals surface area contributed by atoms with E-state index in [1.54, 1.807) is 0 Å². The second-order valence-corrected chi connectivity index (χ2v) is 11.8. The van der Waals surface area contributed by atoms with Crippen molar-refractivity contribution in [3.05, 3.63) is 131 Å². The van der Waals surface area contributed by atoms with Gasteiger partial charge in [-0.1, -0.05) is 96.6 Å². The van der Waals surface area contributed by atoms with E-state index in [-0.39, 0.29) is 11.8 Å². The van der Waals surface area contributed by atoms with Crippen LogP contribution in [0.15, 0.2) is 114 Å². The first-order chi connectivity index (χ1) is 19.4. The average Bonchev–Trinajstić information content (AvgIpc) is 3.32. The number of carbonyl (C=O) groups is 2. The fourth-order valence-corrected chi connectivity index (χ4v) is 6.19. The lowest BCUT2D eigenvalue weighted by Crippen LogP contribution is -2.19. The second kappa shape index (κ2) is 12.8. The third kappa shape index (κ3) is 7.05. The topological polar surface area (TPSA) is 71.1 Å². The maximum absolute atomic E-state index is 13.7. The summed E-state index contributed by atoms with van der Waals surface area (Å²) < 4.78 is 0. The van der Waals surface area contributed by atoms with Gasteiger partial charge in [-0.2, -0.15) is 0 Å². The van der Waals surface area contributed by atoms with Gasteiger partial charge in [0.1, 0.15) is 5.25 Å². The van der Waals surface area contributed by atoms with Crippen molar-refractivity contribution in [3.8, 4) is 11.3 Å². The van der Waals surface area contributed by atoms with E-state index in [0.717, 1.165) is 32.2 Å². The van der Waals surface area contributed by atoms with Gasteiger partial charge in [0.15, 0.2) is 5.13 Å². The highest BCUT2D eigenvalue weighted by molar-refractivity contribution is 8.00.